The molecule has 38 heavy (non-hydrogen) atoms. The van der Waals surface area contributed by atoms with Crippen molar-refractivity contribution in [3.63, 3.8) is 0 Å². The van der Waals surface area contributed by atoms with Crippen molar-refractivity contribution in [3.05, 3.63) is 71.8 Å². The molecule has 0 unspecified atom stereocenters. The molecule has 0 atom stereocenters. The van der Waals surface area contributed by atoms with Crippen molar-refractivity contribution in [1.82, 2.24) is 9.97 Å². The highest BCUT2D eigenvalue weighted by atomic mass is 32.2. The van der Waals surface area contributed by atoms with E-state index in [9.17, 15) is 21.4 Å². The maximum Gasteiger partial charge on any atom is 0.698 e. The Bertz CT molecular complexity index is 1560. The summed E-state index contributed by atoms with van der Waals surface area (Å²) in [6.07, 6.45) is 2.98. The van der Waals surface area contributed by atoms with Crippen LogP contribution in [0.5, 0.6) is 0 Å². The third-order valence-corrected chi connectivity index (χ3v) is 12.0. The molecule has 9 nitrogen and oxygen atoms in total. The van der Waals surface area contributed by atoms with E-state index in [1.165, 1.54) is 12.2 Å². The predicted molar refractivity (Wildman–Crippen MR) is 150 cm³/mol. The fourth-order valence-electron chi connectivity index (χ4n) is 3.08. The van der Waals surface area contributed by atoms with E-state index in [2.05, 4.69) is 9.97 Å². The number of nitrogens with zero attached hydrogens (tertiary/aromatic N) is 2. The molecule has 0 aliphatic rings. The predicted octanol–water partition coefficient (Wildman–Crippen LogP) is 5.74. The van der Waals surface area contributed by atoms with Gasteiger partial charge in [0, 0.05) is 4.57 Å². The van der Waals surface area contributed by atoms with Gasteiger partial charge in [-0.05, 0) is 49.3 Å². The monoisotopic (exact) mass is 611 g/mol. The van der Waals surface area contributed by atoms with E-state index >= 15 is 0 Å². The maximum atomic E-state index is 12.6. The molecule has 200 valence electrons. The fraction of sp³-hybridized carbons (Fsp3) is 0.250. The van der Waals surface area contributed by atoms with Crippen LogP contribution in [0, 0.1) is 0 Å². The normalized spacial score (nSPS) is 13.9. The highest BCUT2D eigenvalue weighted by Gasteiger charge is 2.23. The minimum absolute atomic E-state index is 0.0467. The first kappa shape index (κ1) is 28.6. The van der Waals surface area contributed by atoms with Gasteiger partial charge in [0.15, 0.2) is 0 Å². The van der Waals surface area contributed by atoms with Crippen molar-refractivity contribution in [1.29, 1.82) is 0 Å². The van der Waals surface area contributed by atoms with Crippen LogP contribution in [0.1, 0.15) is 13.8 Å². The Morgan fingerprint density at radius 2 is 1.16 bits per heavy atom. The number of fused-ring (bicyclic) bond motifs is 2. The molecule has 2 aromatic heterocycles. The van der Waals surface area contributed by atoms with Crippen LogP contribution in [0.4, 0.5) is 0 Å². The number of hydrogen-bond donors (Lipinski definition) is 0. The molecule has 0 radical (unpaired) electrons. The number of rotatable bonds is 12. The van der Waals surface area contributed by atoms with Gasteiger partial charge < -0.3 is 0 Å². The summed E-state index contributed by atoms with van der Waals surface area (Å²) in [4.78, 5) is 8.38. The molecule has 0 amide bonds. The third kappa shape index (κ3) is 7.38. The van der Waals surface area contributed by atoms with E-state index < -0.39 is 27.9 Å². The van der Waals surface area contributed by atoms with Gasteiger partial charge in [0.1, 0.15) is 13.2 Å². The Hall–Kier alpha value is -2.38. The lowest BCUT2D eigenvalue weighted by atomic mass is 10.3. The molecule has 14 heteroatoms. The summed E-state index contributed by atoms with van der Waals surface area (Å²) in [6, 6.07) is 14.4. The summed E-state index contributed by atoms with van der Waals surface area (Å²) in [6.45, 7) is 3.16. The van der Waals surface area contributed by atoms with Crippen LogP contribution in [-0.2, 0) is 33.3 Å². The van der Waals surface area contributed by atoms with Crippen molar-refractivity contribution >= 4 is 71.0 Å². The van der Waals surface area contributed by atoms with Gasteiger partial charge in [0.2, 0.25) is 28.4 Å². The molecule has 0 fully saturated rings. The smallest absolute Gasteiger partial charge is 0.225 e. The number of hydrogen-bond acceptors (Lipinski definition) is 11. The first-order chi connectivity index (χ1) is 18.0. The molecule has 4 rings (SSSR count). The first-order valence-corrected chi connectivity index (χ1v) is 17.3. The van der Waals surface area contributed by atoms with Gasteiger partial charge >= 0.3 is 8.25 Å². The summed E-state index contributed by atoms with van der Waals surface area (Å²) in [5.74, 6) is -0.519. The second kappa shape index (κ2) is 12.2. The van der Waals surface area contributed by atoms with E-state index in [-0.39, 0.29) is 33.4 Å². The molecule has 0 N–H and O–H groups in total. The van der Waals surface area contributed by atoms with E-state index in [0.717, 1.165) is 32.1 Å². The van der Waals surface area contributed by atoms with Gasteiger partial charge in [0.05, 0.1) is 31.9 Å². The zero-order valence-corrected chi connectivity index (χ0v) is 24.6. The van der Waals surface area contributed by atoms with Gasteiger partial charge in [-0.15, -0.1) is 31.7 Å². The SMILES string of the molecule is C/C(=C\CS(=O)(=O)c1nc2ccccc2s1)CO[P+](=O)OC/C(C)=C/CS(=O)(=O)c1nc2ccccc2s1. The van der Waals surface area contributed by atoms with Crippen molar-refractivity contribution in [3.8, 4) is 0 Å². The van der Waals surface area contributed by atoms with E-state index in [1.807, 2.05) is 24.3 Å². The summed E-state index contributed by atoms with van der Waals surface area (Å²) in [5, 5.41) is 0. The Morgan fingerprint density at radius 1 is 0.763 bits per heavy atom. The lowest BCUT2D eigenvalue weighted by Gasteiger charge is -1.99. The Morgan fingerprint density at radius 3 is 1.55 bits per heavy atom. The molecular weight excluding hydrogens is 588 g/mol. The topological polar surface area (TPSA) is 130 Å². The lowest BCUT2D eigenvalue weighted by Crippen LogP contribution is -2.06. The van der Waals surface area contributed by atoms with Gasteiger partial charge in [-0.2, -0.15) is 0 Å². The van der Waals surface area contributed by atoms with Crippen LogP contribution in [0.2, 0.25) is 0 Å². The standard InChI is InChI=1S/C24H24N2O7PS4/c1-17(11-13-37(28,29)23-25-19-7-3-5-9-21(19)35-23)15-32-34(27)33-16-18(2)12-14-38(30,31)24-26-20-8-4-6-10-22(20)36-24/h3-12H,13-16H2,1-2H3/q+1/b17-11+,18-12+. The summed E-state index contributed by atoms with van der Waals surface area (Å²) >= 11 is 2.23. The molecule has 0 bridgehead atoms. The summed E-state index contributed by atoms with van der Waals surface area (Å²) < 4.78 is 74.6. The lowest BCUT2D eigenvalue weighted by molar-refractivity contribution is 0.253. The Labute approximate surface area is 229 Å². The van der Waals surface area contributed by atoms with Gasteiger partial charge in [-0.1, -0.05) is 36.4 Å². The van der Waals surface area contributed by atoms with Crippen molar-refractivity contribution in [2.45, 2.75) is 22.5 Å². The minimum Gasteiger partial charge on any atom is -0.225 e. The molecule has 0 saturated carbocycles. The van der Waals surface area contributed by atoms with Gasteiger partial charge in [0.25, 0.3) is 0 Å². The maximum absolute atomic E-state index is 12.6. The number of thiazole rings is 2. The van der Waals surface area contributed by atoms with Crippen LogP contribution in [0.3, 0.4) is 0 Å². The average molecular weight is 612 g/mol. The Kier molecular flexibility index (Phi) is 9.19. The number of sulfone groups is 2. The average Bonchev–Trinajstić information content (AvgIpc) is 3.54. The highest BCUT2D eigenvalue weighted by Crippen LogP contribution is 2.28. The zero-order valence-electron chi connectivity index (χ0n) is 20.4. The molecular formula is C24H24N2O7PS4+. The van der Waals surface area contributed by atoms with Crippen LogP contribution in [0.25, 0.3) is 20.4 Å². The molecule has 4 aromatic rings. The highest BCUT2D eigenvalue weighted by molar-refractivity contribution is 7.93. The third-order valence-electron chi connectivity index (χ3n) is 5.18. The van der Waals surface area contributed by atoms with Crippen molar-refractivity contribution in [2.75, 3.05) is 24.7 Å². The van der Waals surface area contributed by atoms with Crippen molar-refractivity contribution < 1.29 is 30.4 Å². The molecule has 0 spiro atoms. The molecule has 0 saturated heterocycles. The van der Waals surface area contributed by atoms with Crippen LogP contribution >= 0.6 is 30.9 Å². The molecule has 0 aliphatic carbocycles. The second-order valence-corrected chi connectivity index (χ2v) is 15.8. The van der Waals surface area contributed by atoms with Gasteiger partial charge in [-0.25, -0.2) is 26.8 Å². The largest absolute Gasteiger partial charge is 0.698 e. The summed E-state index contributed by atoms with van der Waals surface area (Å²) in [5.41, 5.74) is 2.40. The zero-order chi connectivity index (χ0) is 27.3. The van der Waals surface area contributed by atoms with Crippen LogP contribution < -0.4 is 0 Å². The number of aromatic nitrogens is 2. The first-order valence-electron chi connectivity index (χ1n) is 11.2. The summed E-state index contributed by atoms with van der Waals surface area (Å²) in [7, 11) is -9.71. The van der Waals surface area contributed by atoms with Crippen LogP contribution in [0.15, 0.2) is 80.5 Å². The number of benzene rings is 2. The Balaban J connectivity index is 1.23. The van der Waals surface area contributed by atoms with E-state index in [4.69, 9.17) is 9.05 Å². The van der Waals surface area contributed by atoms with Crippen LogP contribution in [-0.4, -0.2) is 51.5 Å². The minimum atomic E-state index is -3.61. The fourth-order valence-corrected chi connectivity index (χ4v) is 8.90. The quantitative estimate of drug-likeness (QED) is 0.145. The number of para-hydroxylation sites is 2. The molecule has 2 heterocycles. The van der Waals surface area contributed by atoms with E-state index in [0.29, 0.717) is 22.2 Å². The van der Waals surface area contributed by atoms with E-state index in [1.54, 1.807) is 38.1 Å². The van der Waals surface area contributed by atoms with Crippen molar-refractivity contribution in [2.24, 2.45) is 0 Å². The molecule has 0 aliphatic heterocycles. The second-order valence-electron chi connectivity index (χ2n) is 8.33. The molecule has 2 aromatic carbocycles. The van der Waals surface area contributed by atoms with Gasteiger partial charge in [-0.3, -0.25) is 0 Å².